The minimum Gasteiger partial charge on any atom is -0.491 e. The van der Waals surface area contributed by atoms with Crippen LogP contribution in [0.25, 0.3) is 10.2 Å². The van der Waals surface area contributed by atoms with Crippen LogP contribution in [0.2, 0.25) is 0 Å². The van der Waals surface area contributed by atoms with Gasteiger partial charge in [-0.3, -0.25) is 4.79 Å². The molecule has 0 aliphatic carbocycles. The molecular formula is C26H31FN6O7S3. The molecule has 2 aromatic heterocycles. The first-order chi connectivity index (χ1) is 20.7. The number of halogens is 1. The summed E-state index contributed by atoms with van der Waals surface area (Å²) in [5.41, 5.74) is 1.92. The maximum absolute atomic E-state index is 12.4. The Labute approximate surface area is 255 Å². The van der Waals surface area contributed by atoms with Crippen LogP contribution in [-0.4, -0.2) is 82.8 Å². The summed E-state index contributed by atoms with van der Waals surface area (Å²) in [6, 6.07) is 11.0. The molecule has 4 aromatic rings. The summed E-state index contributed by atoms with van der Waals surface area (Å²) < 4.78 is 48.6. The summed E-state index contributed by atoms with van der Waals surface area (Å²) in [4.78, 5) is 15.9. The number of aliphatic hydroxyl groups is 1. The van der Waals surface area contributed by atoms with E-state index in [-0.39, 0.29) is 42.5 Å². The first-order valence-corrected chi connectivity index (χ1v) is 16.6. The van der Waals surface area contributed by atoms with E-state index in [9.17, 15) is 27.8 Å². The second-order valence-corrected chi connectivity index (χ2v) is 13.1. The molecule has 13 nitrogen and oxygen atoms in total. The van der Waals surface area contributed by atoms with E-state index in [0.29, 0.717) is 39.6 Å². The number of thioether (sulfide) groups is 1. The number of hydrogen-bond donors (Lipinski definition) is 4. The lowest BCUT2D eigenvalue weighted by Gasteiger charge is -2.20. The molecule has 232 valence electrons. The second kappa shape index (κ2) is 15.4. The van der Waals surface area contributed by atoms with Crippen LogP contribution in [0.1, 0.15) is 23.7 Å². The molecular weight excluding hydrogens is 624 g/mol. The molecule has 0 aliphatic rings. The molecule has 2 atom stereocenters. The number of carbonyl (C=O) groups is 1. The number of fused-ring (bicyclic) bond motifs is 1. The minimum atomic E-state index is -3.90. The summed E-state index contributed by atoms with van der Waals surface area (Å²) >= 11 is 2.38. The van der Waals surface area contributed by atoms with Crippen molar-refractivity contribution in [3.05, 3.63) is 59.9 Å². The van der Waals surface area contributed by atoms with Crippen LogP contribution in [0, 0.1) is 0 Å². The molecule has 0 unspecified atom stereocenters. The first kappa shape index (κ1) is 32.6. The molecule has 0 amide bonds. The lowest BCUT2D eigenvalue weighted by Crippen LogP contribution is -2.42. The number of aliphatic hydroxyl groups excluding tert-OH is 1. The van der Waals surface area contributed by atoms with Gasteiger partial charge in [0.25, 0.3) is 10.0 Å². The fraction of sp³-hybridized carbons (Fsp3) is 0.385. The number of nitrogens with one attached hydrogen (secondary N) is 1. The molecule has 0 radical (unpaired) electrons. The first-order valence-electron chi connectivity index (χ1n) is 13.1. The quantitative estimate of drug-likeness (QED) is 0.123. The molecule has 0 fully saturated rings. The fourth-order valence-corrected chi connectivity index (χ4v) is 6.67. The third-order valence-corrected chi connectivity index (χ3v) is 9.50. The van der Waals surface area contributed by atoms with Crippen molar-refractivity contribution in [3.8, 4) is 11.5 Å². The second-order valence-electron chi connectivity index (χ2n) is 9.30. The van der Waals surface area contributed by atoms with Gasteiger partial charge in [0.1, 0.15) is 43.1 Å². The third-order valence-electron chi connectivity index (χ3n) is 6.06. The number of alkyl halides is 1. The maximum Gasteiger partial charge on any atom is 0.321 e. The lowest BCUT2D eigenvalue weighted by molar-refractivity contribution is -0.138. The Morgan fingerprint density at radius 1 is 1.21 bits per heavy atom. The Morgan fingerprint density at radius 2 is 2.02 bits per heavy atom. The molecule has 0 spiro atoms. The van der Waals surface area contributed by atoms with Crippen molar-refractivity contribution in [3.63, 3.8) is 0 Å². The van der Waals surface area contributed by atoms with Crippen LogP contribution in [0.15, 0.2) is 53.0 Å². The van der Waals surface area contributed by atoms with Gasteiger partial charge >= 0.3 is 5.97 Å². The van der Waals surface area contributed by atoms with Crippen LogP contribution in [-0.2, 0) is 27.2 Å². The smallest absolute Gasteiger partial charge is 0.321 e. The Hall–Kier alpha value is -3.35. The number of primary sulfonamides is 1. The molecule has 0 bridgehead atoms. The maximum atomic E-state index is 12.4. The number of carboxylic acids is 1. The highest BCUT2D eigenvalue weighted by Gasteiger charge is 2.21. The zero-order valence-electron chi connectivity index (χ0n) is 22.8. The average molecular weight is 655 g/mol. The van der Waals surface area contributed by atoms with E-state index in [2.05, 4.69) is 20.6 Å². The summed E-state index contributed by atoms with van der Waals surface area (Å²) in [7, 11) is -3.90. The van der Waals surface area contributed by atoms with Crippen molar-refractivity contribution >= 4 is 49.3 Å². The minimum absolute atomic E-state index is 0.0210. The number of nitrogens with zero attached hydrogens (tertiary/aromatic N) is 4. The van der Waals surface area contributed by atoms with Crippen LogP contribution < -0.4 is 19.9 Å². The van der Waals surface area contributed by atoms with Gasteiger partial charge in [0.15, 0.2) is 0 Å². The van der Waals surface area contributed by atoms with Gasteiger partial charge in [0.2, 0.25) is 4.34 Å². The Morgan fingerprint density at radius 3 is 2.77 bits per heavy atom. The number of ether oxygens (including phenoxy) is 2. The number of carboxylic acid groups (broad SMARTS) is 1. The number of benzene rings is 2. The zero-order valence-corrected chi connectivity index (χ0v) is 25.3. The number of aliphatic carboxylic acids is 1. The summed E-state index contributed by atoms with van der Waals surface area (Å²) in [5.74, 6) is 0.870. The van der Waals surface area contributed by atoms with E-state index in [4.69, 9.17) is 14.6 Å². The van der Waals surface area contributed by atoms with Crippen LogP contribution in [0.5, 0.6) is 11.5 Å². The molecule has 0 aliphatic heterocycles. The number of sulfonamides is 1. The van der Waals surface area contributed by atoms with Gasteiger partial charge in [-0.15, -0.1) is 16.4 Å². The molecule has 2 aromatic carbocycles. The normalized spacial score (nSPS) is 13.2. The molecule has 0 saturated carbocycles. The average Bonchev–Trinajstić information content (AvgIpc) is 3.63. The Bertz CT molecular complexity index is 1620. The summed E-state index contributed by atoms with van der Waals surface area (Å²) in [6.07, 6.45) is 1.98. The van der Waals surface area contributed by atoms with E-state index in [1.807, 2.05) is 6.07 Å². The number of hydrogen-bond acceptors (Lipinski definition) is 12. The van der Waals surface area contributed by atoms with E-state index in [1.54, 1.807) is 47.3 Å². The van der Waals surface area contributed by atoms with Gasteiger partial charge in [0.05, 0.1) is 22.5 Å². The standard InChI is InChI=1S/C26H31FN6O7S3/c27-7-9-39-20-3-1-2-17(10-20)15-41-16-23(25(35)36)29-12-19(6-8-34)33-13-18(31-32-33)14-40-21-4-5-22-24(11-21)42-26(30-22)43(28,37)38/h1-5,10-11,13,19,23,29,34H,6-9,12,14-16H2,(H,35,36)(H2,28,37,38)/t19-,23+/m0/s1. The highest BCUT2D eigenvalue weighted by molar-refractivity contribution is 7.98. The van der Waals surface area contributed by atoms with Crippen LogP contribution >= 0.6 is 23.1 Å². The van der Waals surface area contributed by atoms with E-state index in [1.165, 1.54) is 11.8 Å². The summed E-state index contributed by atoms with van der Waals surface area (Å²) in [5, 5.41) is 35.8. The predicted octanol–water partition coefficient (Wildman–Crippen LogP) is 2.36. The number of aromatic nitrogens is 4. The molecule has 17 heteroatoms. The van der Waals surface area contributed by atoms with E-state index in [0.717, 1.165) is 16.9 Å². The van der Waals surface area contributed by atoms with Crippen molar-refractivity contribution in [2.45, 2.75) is 35.2 Å². The molecule has 0 saturated heterocycles. The van der Waals surface area contributed by atoms with Gasteiger partial charge in [-0.25, -0.2) is 27.6 Å². The lowest BCUT2D eigenvalue weighted by atomic mass is 10.2. The molecule has 43 heavy (non-hydrogen) atoms. The predicted molar refractivity (Wildman–Crippen MR) is 160 cm³/mol. The van der Waals surface area contributed by atoms with Gasteiger partial charge in [-0.1, -0.05) is 17.3 Å². The Kier molecular flexibility index (Phi) is 11.7. The summed E-state index contributed by atoms with van der Waals surface area (Å²) in [6.45, 7) is -0.444. The number of nitrogens with two attached hydrogens (primary N) is 1. The monoisotopic (exact) mass is 654 g/mol. The molecule has 5 N–H and O–H groups in total. The van der Waals surface area contributed by atoms with Gasteiger partial charge in [-0.05, 0) is 42.3 Å². The Balaban J connectivity index is 1.30. The third kappa shape index (κ3) is 9.57. The fourth-order valence-electron chi connectivity index (χ4n) is 3.96. The zero-order chi connectivity index (χ0) is 30.8. The van der Waals surface area contributed by atoms with Crippen molar-refractivity contribution in [1.29, 1.82) is 0 Å². The number of thiazole rings is 1. The highest BCUT2D eigenvalue weighted by Crippen LogP contribution is 2.28. The van der Waals surface area contributed by atoms with Crippen molar-refractivity contribution in [2.24, 2.45) is 5.14 Å². The van der Waals surface area contributed by atoms with Crippen molar-refractivity contribution < 1.29 is 37.3 Å². The van der Waals surface area contributed by atoms with E-state index < -0.39 is 28.7 Å². The van der Waals surface area contributed by atoms with Gasteiger partial charge < -0.3 is 25.0 Å². The topological polar surface area (TPSA) is 192 Å². The SMILES string of the molecule is NS(=O)(=O)c1nc2ccc(OCc3cn([C@@H](CCO)CN[C@H](CSCc4cccc(OCCF)c4)C(=O)O)nn3)cc2s1. The van der Waals surface area contributed by atoms with Crippen LogP contribution in [0.3, 0.4) is 0 Å². The highest BCUT2D eigenvalue weighted by atomic mass is 32.2. The van der Waals surface area contributed by atoms with Crippen molar-refractivity contribution in [2.75, 3.05) is 32.2 Å². The number of rotatable bonds is 18. The van der Waals surface area contributed by atoms with Crippen molar-refractivity contribution in [1.82, 2.24) is 25.3 Å². The molecule has 2 heterocycles. The van der Waals surface area contributed by atoms with Gasteiger partial charge in [-0.2, -0.15) is 11.8 Å². The van der Waals surface area contributed by atoms with Crippen LogP contribution in [0.4, 0.5) is 4.39 Å². The van der Waals surface area contributed by atoms with Gasteiger partial charge in [0, 0.05) is 24.7 Å². The molecule has 4 rings (SSSR count). The van der Waals surface area contributed by atoms with E-state index >= 15 is 0 Å². The largest absolute Gasteiger partial charge is 0.491 e.